The van der Waals surface area contributed by atoms with Crippen LogP contribution in [0, 0.1) is 11.3 Å². The zero-order chi connectivity index (χ0) is 10.1. The quantitative estimate of drug-likeness (QED) is 0.706. The Kier molecular flexibility index (Phi) is 2.96. The summed E-state index contributed by atoms with van der Waals surface area (Å²) in [5.74, 6) is 0.816. The highest BCUT2D eigenvalue weighted by Gasteiger charge is 2.36. The molecule has 1 aliphatic rings. The van der Waals surface area contributed by atoms with Gasteiger partial charge in [0.2, 0.25) is 5.91 Å². The molecule has 1 fully saturated rings. The number of carbonyl (C=O) groups is 1. The highest BCUT2D eigenvalue weighted by Crippen LogP contribution is 2.27. The fraction of sp³-hybridized carbons (Fsp3) is 0.900. The van der Waals surface area contributed by atoms with Gasteiger partial charge in [-0.05, 0) is 13.0 Å². The number of amides is 1. The molecule has 76 valence electrons. The minimum absolute atomic E-state index is 0.195. The molecular formula is C10H20N2O. The summed E-state index contributed by atoms with van der Waals surface area (Å²) in [7, 11) is 0. The SMILES string of the molecule is CCC(C)(C)C(=O)N1CC(CN)C1. The molecule has 2 N–H and O–H groups in total. The summed E-state index contributed by atoms with van der Waals surface area (Å²) in [6, 6.07) is 0. The lowest BCUT2D eigenvalue weighted by molar-refractivity contribution is -0.146. The first kappa shape index (κ1) is 10.5. The van der Waals surface area contributed by atoms with E-state index in [1.807, 2.05) is 18.7 Å². The molecule has 3 nitrogen and oxygen atoms in total. The predicted molar refractivity (Wildman–Crippen MR) is 53.2 cm³/mol. The Morgan fingerprint density at radius 1 is 1.54 bits per heavy atom. The van der Waals surface area contributed by atoms with Crippen LogP contribution in [0.1, 0.15) is 27.2 Å². The van der Waals surface area contributed by atoms with Gasteiger partial charge < -0.3 is 10.6 Å². The van der Waals surface area contributed by atoms with Crippen molar-refractivity contribution in [2.75, 3.05) is 19.6 Å². The molecule has 1 rings (SSSR count). The Morgan fingerprint density at radius 3 is 2.46 bits per heavy atom. The molecule has 0 aromatic heterocycles. The zero-order valence-corrected chi connectivity index (χ0v) is 8.84. The van der Waals surface area contributed by atoms with Gasteiger partial charge in [-0.15, -0.1) is 0 Å². The average Bonchev–Trinajstić information content (AvgIpc) is 2.02. The van der Waals surface area contributed by atoms with Crippen LogP contribution in [0.4, 0.5) is 0 Å². The summed E-state index contributed by atoms with van der Waals surface area (Å²) in [4.78, 5) is 13.7. The van der Waals surface area contributed by atoms with Gasteiger partial charge in [0.15, 0.2) is 0 Å². The minimum Gasteiger partial charge on any atom is -0.341 e. The number of carbonyl (C=O) groups excluding carboxylic acids is 1. The lowest BCUT2D eigenvalue weighted by atomic mass is 9.86. The maximum Gasteiger partial charge on any atom is 0.228 e. The Balaban J connectivity index is 2.43. The Bertz CT molecular complexity index is 195. The Labute approximate surface area is 80.3 Å². The van der Waals surface area contributed by atoms with Crippen LogP contribution < -0.4 is 5.73 Å². The summed E-state index contributed by atoms with van der Waals surface area (Å²) in [6.45, 7) is 8.49. The van der Waals surface area contributed by atoms with Gasteiger partial charge in [0.1, 0.15) is 0 Å². The molecule has 1 amide bonds. The average molecular weight is 184 g/mol. The molecule has 1 aliphatic heterocycles. The van der Waals surface area contributed by atoms with Crippen LogP contribution in [0.25, 0.3) is 0 Å². The van der Waals surface area contributed by atoms with Crippen LogP contribution in [0.15, 0.2) is 0 Å². The molecule has 0 radical (unpaired) electrons. The molecule has 0 aromatic rings. The summed E-state index contributed by atoms with van der Waals surface area (Å²) < 4.78 is 0. The first-order valence-electron chi connectivity index (χ1n) is 5.00. The van der Waals surface area contributed by atoms with E-state index in [-0.39, 0.29) is 11.3 Å². The van der Waals surface area contributed by atoms with Crippen molar-refractivity contribution in [2.24, 2.45) is 17.1 Å². The summed E-state index contributed by atoms with van der Waals surface area (Å²) in [5, 5.41) is 0. The highest BCUT2D eigenvalue weighted by molar-refractivity contribution is 5.82. The fourth-order valence-electron chi connectivity index (χ4n) is 1.46. The Hall–Kier alpha value is -0.570. The molecule has 1 saturated heterocycles. The number of hydrogen-bond donors (Lipinski definition) is 1. The summed E-state index contributed by atoms with van der Waals surface area (Å²) >= 11 is 0. The zero-order valence-electron chi connectivity index (χ0n) is 8.84. The molecule has 3 heteroatoms. The number of rotatable bonds is 3. The van der Waals surface area contributed by atoms with Crippen LogP contribution in [0.5, 0.6) is 0 Å². The van der Waals surface area contributed by atoms with Gasteiger partial charge in [0.05, 0.1) is 0 Å². The van der Waals surface area contributed by atoms with E-state index >= 15 is 0 Å². The molecule has 1 heterocycles. The van der Waals surface area contributed by atoms with Crippen molar-refractivity contribution in [3.05, 3.63) is 0 Å². The van der Waals surface area contributed by atoms with Crippen LogP contribution >= 0.6 is 0 Å². The van der Waals surface area contributed by atoms with Crippen molar-refractivity contribution in [1.82, 2.24) is 4.90 Å². The van der Waals surface area contributed by atoms with E-state index in [9.17, 15) is 4.79 Å². The molecule has 13 heavy (non-hydrogen) atoms. The monoisotopic (exact) mass is 184 g/mol. The topological polar surface area (TPSA) is 46.3 Å². The molecule has 0 unspecified atom stereocenters. The third-order valence-corrected chi connectivity index (χ3v) is 3.04. The molecule has 0 atom stereocenters. The summed E-state index contributed by atoms with van der Waals surface area (Å²) in [5.41, 5.74) is 5.30. The molecule has 0 aliphatic carbocycles. The van der Waals surface area contributed by atoms with Crippen molar-refractivity contribution in [2.45, 2.75) is 27.2 Å². The summed E-state index contributed by atoms with van der Waals surface area (Å²) in [6.07, 6.45) is 0.898. The first-order chi connectivity index (χ1) is 6.01. The van der Waals surface area contributed by atoms with Crippen molar-refractivity contribution < 1.29 is 4.79 Å². The van der Waals surface area contributed by atoms with E-state index in [1.54, 1.807) is 0 Å². The number of hydrogen-bond acceptors (Lipinski definition) is 2. The van der Waals surface area contributed by atoms with E-state index in [4.69, 9.17) is 5.73 Å². The third kappa shape index (κ3) is 2.02. The van der Waals surface area contributed by atoms with Gasteiger partial charge in [0, 0.05) is 24.4 Å². The van der Waals surface area contributed by atoms with Gasteiger partial charge in [-0.25, -0.2) is 0 Å². The van der Waals surface area contributed by atoms with Gasteiger partial charge in [-0.2, -0.15) is 0 Å². The van der Waals surface area contributed by atoms with Crippen LogP contribution in [0.2, 0.25) is 0 Å². The van der Waals surface area contributed by atoms with Crippen LogP contribution in [-0.2, 0) is 4.79 Å². The van der Waals surface area contributed by atoms with Crippen LogP contribution in [0.3, 0.4) is 0 Å². The van der Waals surface area contributed by atoms with E-state index in [0.29, 0.717) is 12.5 Å². The van der Waals surface area contributed by atoms with Crippen molar-refractivity contribution in [3.8, 4) is 0 Å². The number of likely N-dealkylation sites (tertiary alicyclic amines) is 1. The maximum atomic E-state index is 11.8. The lowest BCUT2D eigenvalue weighted by Crippen LogP contribution is -2.55. The van der Waals surface area contributed by atoms with Crippen molar-refractivity contribution >= 4 is 5.91 Å². The largest absolute Gasteiger partial charge is 0.341 e. The molecule has 0 spiro atoms. The second kappa shape index (κ2) is 3.66. The van der Waals surface area contributed by atoms with Gasteiger partial charge in [-0.1, -0.05) is 20.8 Å². The lowest BCUT2D eigenvalue weighted by Gasteiger charge is -2.42. The van der Waals surface area contributed by atoms with Gasteiger partial charge in [0.25, 0.3) is 0 Å². The Morgan fingerprint density at radius 2 is 2.08 bits per heavy atom. The molecule has 0 saturated carbocycles. The minimum atomic E-state index is -0.195. The second-order valence-electron chi connectivity index (χ2n) is 4.55. The second-order valence-corrected chi connectivity index (χ2v) is 4.55. The standard InChI is InChI=1S/C10H20N2O/c1-4-10(2,3)9(13)12-6-8(5-11)7-12/h8H,4-7,11H2,1-3H3. The van der Waals surface area contributed by atoms with E-state index in [1.165, 1.54) is 0 Å². The van der Waals surface area contributed by atoms with Crippen molar-refractivity contribution in [1.29, 1.82) is 0 Å². The highest BCUT2D eigenvalue weighted by atomic mass is 16.2. The fourth-order valence-corrected chi connectivity index (χ4v) is 1.46. The normalized spacial score (nSPS) is 18.6. The van der Waals surface area contributed by atoms with Crippen molar-refractivity contribution in [3.63, 3.8) is 0 Å². The molecule has 0 aromatic carbocycles. The molecular weight excluding hydrogens is 164 g/mol. The first-order valence-corrected chi connectivity index (χ1v) is 5.00. The number of nitrogens with two attached hydrogens (primary N) is 1. The van der Waals surface area contributed by atoms with E-state index in [2.05, 4.69) is 6.92 Å². The maximum absolute atomic E-state index is 11.8. The van der Waals surface area contributed by atoms with E-state index in [0.717, 1.165) is 19.5 Å². The third-order valence-electron chi connectivity index (χ3n) is 3.04. The van der Waals surface area contributed by atoms with E-state index < -0.39 is 0 Å². The number of nitrogens with zero attached hydrogens (tertiary/aromatic N) is 1. The van der Waals surface area contributed by atoms with Gasteiger partial charge >= 0.3 is 0 Å². The molecule has 0 bridgehead atoms. The van der Waals surface area contributed by atoms with Crippen LogP contribution in [-0.4, -0.2) is 30.4 Å². The van der Waals surface area contributed by atoms with Gasteiger partial charge in [-0.3, -0.25) is 4.79 Å². The predicted octanol–water partition coefficient (Wildman–Crippen LogP) is 0.840. The smallest absolute Gasteiger partial charge is 0.228 e.